The second kappa shape index (κ2) is 38.2. The number of carboxylic acids is 1. The Hall–Kier alpha value is -3.50. The van der Waals surface area contributed by atoms with E-state index >= 15 is 0 Å². The van der Waals surface area contributed by atoms with Crippen LogP contribution in [0, 0.1) is 0 Å². The molecular weight excluding hydrogens is 920 g/mol. The molecule has 4 amide bonds. The van der Waals surface area contributed by atoms with Crippen molar-refractivity contribution in [2.45, 2.75) is 206 Å². The fourth-order valence-electron chi connectivity index (χ4n) is 8.86. The molecule has 4 saturated heterocycles. The zero-order valence-corrected chi connectivity index (χ0v) is 42.4. The minimum absolute atomic E-state index is 0. The summed E-state index contributed by atoms with van der Waals surface area (Å²) in [6, 6.07) is 9.61. The number of urea groups is 2. The summed E-state index contributed by atoms with van der Waals surface area (Å²) in [5, 5.41) is 28.5. The molecule has 4 heterocycles. The van der Waals surface area contributed by atoms with Crippen molar-refractivity contribution >= 4 is 47.5 Å². The molecule has 1 aromatic carbocycles. The van der Waals surface area contributed by atoms with E-state index < -0.39 is 5.97 Å². The quantitative estimate of drug-likeness (QED) is 0.00828. The third kappa shape index (κ3) is 25.4. The van der Waals surface area contributed by atoms with E-state index in [4.69, 9.17) is 30.4 Å². The maximum atomic E-state index is 12.1. The Morgan fingerprint density at radius 3 is 1.42 bits per heavy atom. The molecule has 4 aliphatic rings. The van der Waals surface area contributed by atoms with Gasteiger partial charge in [0.1, 0.15) is 17.5 Å². The third-order valence-corrected chi connectivity index (χ3v) is 15.6. The zero-order chi connectivity index (χ0) is 47.7. The normalized spacial score (nSPS) is 22.6. The number of nitrogens with one attached hydrogen (secondary N) is 4. The number of unbranched alkanes of at least 4 members (excludes halogenated alkanes) is 16. The van der Waals surface area contributed by atoms with Gasteiger partial charge in [-0.15, -0.1) is 23.5 Å². The Labute approximate surface area is 429 Å². The number of hydrogen-bond acceptors (Lipinski definition) is 12. The van der Waals surface area contributed by atoms with Crippen LogP contribution in [-0.2, 0) is 30.4 Å². The Morgan fingerprint density at radius 2 is 0.986 bits per heavy atom. The molecule has 0 aromatic heterocycles. The fraction of sp³-hybridized carbons (Fsp3) is 0.787. The Balaban J connectivity index is 0.000000470. The van der Waals surface area contributed by atoms with Gasteiger partial charge < -0.3 is 46.1 Å². The first kappa shape index (κ1) is 61.6. The minimum Gasteiger partial charge on any atom is -0.870 e. The Bertz CT molecular complexity index is 1700. The molecule has 1 aromatic rings. The summed E-state index contributed by atoms with van der Waals surface area (Å²) in [6.45, 7) is 2.94. The van der Waals surface area contributed by atoms with Gasteiger partial charge in [0.05, 0.1) is 24.2 Å². The van der Waals surface area contributed by atoms with Gasteiger partial charge in [0.25, 0.3) is 0 Å². The number of nitrogens with zero attached hydrogens (tertiary/aromatic N) is 6. The van der Waals surface area contributed by atoms with Crippen molar-refractivity contribution in [3.05, 3.63) is 56.8 Å². The third-order valence-electron chi connectivity index (χ3n) is 12.5. The number of carboxylic acid groups (broad SMARTS) is 1. The van der Waals surface area contributed by atoms with Crippen LogP contribution in [0.15, 0.2) is 40.6 Å². The predicted molar refractivity (Wildman–Crippen MR) is 265 cm³/mol. The first-order valence-corrected chi connectivity index (χ1v) is 26.8. The van der Waals surface area contributed by atoms with Crippen molar-refractivity contribution < 1.29 is 62.8 Å². The molecule has 0 unspecified atom stereocenters. The van der Waals surface area contributed by atoms with Crippen LogP contribution in [0.3, 0.4) is 0 Å². The minimum atomic E-state index is -0.755. The van der Waals surface area contributed by atoms with Crippen LogP contribution in [0.2, 0.25) is 0 Å². The van der Waals surface area contributed by atoms with E-state index in [9.17, 15) is 19.2 Å². The van der Waals surface area contributed by atoms with Crippen molar-refractivity contribution in [1.29, 1.82) is 0 Å². The maximum Gasteiger partial charge on any atom is 1.00 e. The topological polar surface area (TPSA) is 292 Å². The number of rotatable bonds is 36. The number of hydrogen-bond donors (Lipinski definition) is 5. The van der Waals surface area contributed by atoms with Crippen LogP contribution in [0.5, 0.6) is 0 Å². The van der Waals surface area contributed by atoms with E-state index in [0.717, 1.165) is 89.0 Å². The summed E-state index contributed by atoms with van der Waals surface area (Å²) in [4.78, 5) is 52.0. The van der Waals surface area contributed by atoms with Crippen LogP contribution in [0.4, 0.5) is 9.59 Å². The molecule has 4 aliphatic heterocycles. The number of amides is 4. The monoisotopic (exact) mass is 997 g/mol. The first-order valence-electron chi connectivity index (χ1n) is 24.9. The smallest absolute Gasteiger partial charge is 0.870 e. The van der Waals surface area contributed by atoms with Crippen LogP contribution in [-0.4, -0.2) is 106 Å². The van der Waals surface area contributed by atoms with Crippen molar-refractivity contribution in [3.63, 3.8) is 0 Å². The molecular formula is C47H77LiN10O9S2. The average molecular weight is 997 g/mol. The number of azide groups is 2. The van der Waals surface area contributed by atoms with Crippen molar-refractivity contribution in [2.75, 3.05) is 26.3 Å². The van der Waals surface area contributed by atoms with E-state index in [1.54, 1.807) is 11.8 Å². The molecule has 0 radical (unpaired) electrons. The molecule has 0 aliphatic carbocycles. The number of fused-ring (bicyclic) bond motifs is 2. The second-order valence-electron chi connectivity index (χ2n) is 17.8. The van der Waals surface area contributed by atoms with E-state index in [1.807, 2.05) is 42.1 Å². The molecule has 382 valence electrons. The van der Waals surface area contributed by atoms with Crippen molar-refractivity contribution in [3.8, 4) is 0 Å². The van der Waals surface area contributed by atoms with Crippen molar-refractivity contribution in [1.82, 2.24) is 21.3 Å². The van der Waals surface area contributed by atoms with E-state index in [-0.39, 0.29) is 94.3 Å². The number of aliphatic carboxylic acids is 1. The van der Waals surface area contributed by atoms with E-state index in [0.29, 0.717) is 45.8 Å². The molecule has 22 heteroatoms. The first-order chi connectivity index (χ1) is 32.8. The van der Waals surface area contributed by atoms with E-state index in [1.165, 1.54) is 51.4 Å². The Morgan fingerprint density at radius 1 is 0.580 bits per heavy atom. The predicted octanol–water partition coefficient (Wildman–Crippen LogP) is 7.63. The molecule has 0 spiro atoms. The van der Waals surface area contributed by atoms with E-state index in [2.05, 4.69) is 41.3 Å². The number of thioether (sulfide) groups is 2. The maximum absolute atomic E-state index is 12.1. The van der Waals surface area contributed by atoms with Gasteiger partial charge >= 0.3 is 42.9 Å². The summed E-state index contributed by atoms with van der Waals surface area (Å²) < 4.78 is 17.7. The van der Waals surface area contributed by atoms with Gasteiger partial charge in [-0.3, -0.25) is 9.59 Å². The molecule has 19 nitrogen and oxygen atoms in total. The van der Waals surface area contributed by atoms with Crippen LogP contribution in [0.1, 0.15) is 160 Å². The largest absolute Gasteiger partial charge is 1.00 e. The summed E-state index contributed by atoms with van der Waals surface area (Å²) in [5.74, 6) is -0.919. The summed E-state index contributed by atoms with van der Waals surface area (Å²) in [7, 11) is 0. The molecule has 0 saturated carbocycles. The average Bonchev–Trinajstić information content (AvgIpc) is 4.07. The fourth-order valence-corrected chi connectivity index (χ4v) is 12.1. The van der Waals surface area contributed by atoms with Gasteiger partial charge in [0, 0.05) is 59.5 Å². The van der Waals surface area contributed by atoms with Gasteiger partial charge in [-0.05, 0) is 68.0 Å². The summed E-state index contributed by atoms with van der Waals surface area (Å²) >= 11 is 3.58. The van der Waals surface area contributed by atoms with Crippen LogP contribution in [0.25, 0.3) is 20.9 Å². The molecule has 4 fully saturated rings. The number of carbonyl (C=O) groups is 4. The van der Waals surface area contributed by atoms with Gasteiger partial charge in [0.2, 0.25) is 0 Å². The van der Waals surface area contributed by atoms with Crippen LogP contribution >= 0.6 is 23.5 Å². The molecule has 6 N–H and O–H groups in total. The number of carbonyl (C=O) groups excluding carboxylic acids is 3. The molecule has 5 rings (SSSR count). The van der Waals surface area contributed by atoms with Gasteiger partial charge in [-0.2, -0.15) is 0 Å². The van der Waals surface area contributed by atoms with Gasteiger partial charge in [0.15, 0.2) is 0 Å². The molecule has 69 heavy (non-hydrogen) atoms. The van der Waals surface area contributed by atoms with Gasteiger partial charge in [-0.1, -0.05) is 130 Å². The SMILES string of the molecule is [Li+].[N-]=[N+]=NCCCCCCCCCCO[C@@H]1S[C@@H](CCCCC(=O)O)[C@H]2NC(=O)N[C@H]21.[N-]=[N+]=NCCCCCCCCCCO[C@@H]1S[C@@H](CCCCC(=O)OCc2ccccc2)[C@H]2NC(=O)N[C@H]21.[OH-]. The van der Waals surface area contributed by atoms with Crippen LogP contribution < -0.4 is 40.1 Å². The van der Waals surface area contributed by atoms with Crippen molar-refractivity contribution in [2.24, 2.45) is 10.2 Å². The summed E-state index contributed by atoms with van der Waals surface area (Å²) in [6.07, 6.45) is 23.9. The number of esters is 1. The number of ether oxygens (including phenoxy) is 3. The standard InChI is InChI=1S/C27H41N5O4S.C20H35N5O4S.Li.H2O/c28-32-29-18-12-5-3-1-2-4-6-13-19-35-26-25-24(30-27(34)31-25)22(37-26)16-10-11-17-23(33)36-20-21-14-8-7-9-15-21;21-25-22-13-9-5-3-1-2-4-6-10-14-29-19-18-17(23-20(28)24-18)15(30-19)11-7-8-12-16(26)27;;/h7-9,14-15,22,24-26H,1-6,10-13,16-20H2,(H2,30,31,34);15,17-19H,1-14H2,(H,26,27)(H2,23,24,28);;1H2/q;;+1;/p-1/t22-,24+,25+,26+;15-,17+,18+,19+;;/m00../s1. The van der Waals surface area contributed by atoms with Gasteiger partial charge in [-0.25, -0.2) is 9.59 Å². The summed E-state index contributed by atoms with van der Waals surface area (Å²) in [5.41, 5.74) is 17.4. The second-order valence-corrected chi connectivity index (χ2v) is 20.4. The Kier molecular flexibility index (Phi) is 34.1. The molecule has 0 bridgehead atoms. The molecule has 8 atom stereocenters. The zero-order valence-electron chi connectivity index (χ0n) is 40.8. The number of benzene rings is 1.